The molecule has 150 valence electrons. The number of para-hydroxylation sites is 1. The first-order valence-electron chi connectivity index (χ1n) is 9.49. The zero-order chi connectivity index (χ0) is 19.8. The minimum Gasteiger partial charge on any atom is -0.467 e. The second-order valence-electron chi connectivity index (χ2n) is 6.45. The van der Waals surface area contributed by atoms with E-state index in [0.717, 1.165) is 55.2 Å². The van der Waals surface area contributed by atoms with Gasteiger partial charge in [-0.3, -0.25) is 4.79 Å². The third kappa shape index (κ3) is 5.42. The predicted octanol–water partition coefficient (Wildman–Crippen LogP) is 2.34. The predicted molar refractivity (Wildman–Crippen MR) is 112 cm³/mol. The molecule has 2 aromatic rings. The minimum atomic E-state index is -0.137. The average Bonchev–Trinajstić information content (AvgIpc) is 3.24. The molecule has 1 aromatic carbocycles. The van der Waals surface area contributed by atoms with Crippen LogP contribution >= 0.6 is 11.6 Å². The zero-order valence-corrected chi connectivity index (χ0v) is 16.8. The Hall–Kier alpha value is -2.67. The smallest absolute Gasteiger partial charge is 0.242 e. The van der Waals surface area contributed by atoms with Crippen molar-refractivity contribution >= 4 is 29.2 Å². The molecule has 8 heteroatoms. The van der Waals surface area contributed by atoms with E-state index in [1.165, 1.54) is 0 Å². The number of carbonyl (C=O) groups is 1. The van der Waals surface area contributed by atoms with Crippen LogP contribution in [-0.2, 0) is 11.3 Å². The van der Waals surface area contributed by atoms with E-state index in [1.807, 2.05) is 37.3 Å². The summed E-state index contributed by atoms with van der Waals surface area (Å²) in [6.45, 7) is 6.53. The largest absolute Gasteiger partial charge is 0.467 e. The molecule has 1 aliphatic rings. The third-order valence-corrected chi connectivity index (χ3v) is 4.84. The number of hydrogen-bond donors (Lipinski definition) is 2. The number of anilines is 1. The SMILES string of the molecule is CCNC(=NCC(=O)NCc1ccco1)N1CCN(c2ccccc2Cl)CC1. The molecular formula is C20H26ClN5O2. The maximum Gasteiger partial charge on any atom is 0.242 e. The molecule has 0 spiro atoms. The van der Waals surface area contributed by atoms with E-state index in [2.05, 4.69) is 25.4 Å². The Morgan fingerprint density at radius 2 is 1.93 bits per heavy atom. The van der Waals surface area contributed by atoms with Crippen LogP contribution in [0.2, 0.25) is 5.02 Å². The summed E-state index contributed by atoms with van der Waals surface area (Å²) in [6, 6.07) is 11.5. The summed E-state index contributed by atoms with van der Waals surface area (Å²) in [5.41, 5.74) is 1.06. The molecule has 0 unspecified atom stereocenters. The van der Waals surface area contributed by atoms with Crippen molar-refractivity contribution in [2.24, 2.45) is 4.99 Å². The number of piperazine rings is 1. The molecule has 1 saturated heterocycles. The summed E-state index contributed by atoms with van der Waals surface area (Å²) in [4.78, 5) is 21.0. The summed E-state index contributed by atoms with van der Waals surface area (Å²) in [5.74, 6) is 1.34. The number of halogens is 1. The van der Waals surface area contributed by atoms with Gasteiger partial charge in [0.25, 0.3) is 0 Å². The van der Waals surface area contributed by atoms with Crippen LogP contribution < -0.4 is 15.5 Å². The Balaban J connectivity index is 1.53. The second-order valence-corrected chi connectivity index (χ2v) is 6.86. The van der Waals surface area contributed by atoms with Gasteiger partial charge in [0.2, 0.25) is 5.91 Å². The monoisotopic (exact) mass is 403 g/mol. The fourth-order valence-corrected chi connectivity index (χ4v) is 3.35. The first-order chi connectivity index (χ1) is 13.7. The lowest BCUT2D eigenvalue weighted by Crippen LogP contribution is -2.52. The molecule has 3 rings (SSSR count). The molecule has 2 heterocycles. The van der Waals surface area contributed by atoms with Gasteiger partial charge in [-0.15, -0.1) is 0 Å². The number of nitrogens with zero attached hydrogens (tertiary/aromatic N) is 3. The van der Waals surface area contributed by atoms with E-state index in [9.17, 15) is 4.79 Å². The summed E-state index contributed by atoms with van der Waals surface area (Å²) < 4.78 is 5.21. The van der Waals surface area contributed by atoms with Crippen LogP contribution in [-0.4, -0.2) is 56.0 Å². The Morgan fingerprint density at radius 1 is 1.14 bits per heavy atom. The highest BCUT2D eigenvalue weighted by atomic mass is 35.5. The Kier molecular flexibility index (Phi) is 7.19. The fraction of sp³-hybridized carbons (Fsp3) is 0.400. The number of benzene rings is 1. The van der Waals surface area contributed by atoms with E-state index in [4.69, 9.17) is 16.0 Å². The van der Waals surface area contributed by atoms with E-state index in [-0.39, 0.29) is 12.5 Å². The molecule has 2 N–H and O–H groups in total. The molecule has 0 atom stereocenters. The van der Waals surface area contributed by atoms with Crippen LogP contribution in [0.5, 0.6) is 0 Å². The van der Waals surface area contributed by atoms with Crippen molar-refractivity contribution in [3.63, 3.8) is 0 Å². The van der Waals surface area contributed by atoms with E-state index < -0.39 is 0 Å². The van der Waals surface area contributed by atoms with Crippen molar-refractivity contribution in [1.82, 2.24) is 15.5 Å². The highest BCUT2D eigenvalue weighted by Gasteiger charge is 2.21. The number of guanidine groups is 1. The molecule has 1 aromatic heterocycles. The van der Waals surface area contributed by atoms with Crippen molar-refractivity contribution < 1.29 is 9.21 Å². The number of aliphatic imine (C=N–C) groups is 1. The van der Waals surface area contributed by atoms with Crippen LogP contribution in [0.3, 0.4) is 0 Å². The lowest BCUT2D eigenvalue weighted by Gasteiger charge is -2.38. The van der Waals surface area contributed by atoms with Gasteiger partial charge in [0.15, 0.2) is 5.96 Å². The number of amides is 1. The number of nitrogens with one attached hydrogen (secondary N) is 2. The molecular weight excluding hydrogens is 378 g/mol. The quantitative estimate of drug-likeness (QED) is 0.572. The number of hydrogen-bond acceptors (Lipinski definition) is 4. The van der Waals surface area contributed by atoms with Crippen LogP contribution in [0.1, 0.15) is 12.7 Å². The molecule has 7 nitrogen and oxygen atoms in total. The third-order valence-electron chi connectivity index (χ3n) is 4.52. The Labute approximate surface area is 170 Å². The van der Waals surface area contributed by atoms with Crippen LogP contribution in [0.15, 0.2) is 52.1 Å². The molecule has 0 saturated carbocycles. The highest BCUT2D eigenvalue weighted by Crippen LogP contribution is 2.25. The standard InChI is InChI=1S/C20H26ClN5O2/c1-2-22-20(24-15-19(27)23-14-16-6-5-13-28-16)26-11-9-25(10-12-26)18-8-4-3-7-17(18)21/h3-8,13H,2,9-12,14-15H2,1H3,(H,22,24)(H,23,27). The maximum atomic E-state index is 12.1. The van der Waals surface area contributed by atoms with Gasteiger partial charge in [-0.05, 0) is 31.2 Å². The summed E-state index contributed by atoms with van der Waals surface area (Å²) in [7, 11) is 0. The molecule has 1 aliphatic heterocycles. The van der Waals surface area contributed by atoms with Crippen LogP contribution in [0.4, 0.5) is 5.69 Å². The zero-order valence-electron chi connectivity index (χ0n) is 16.0. The van der Waals surface area contributed by atoms with Gasteiger partial charge < -0.3 is 24.9 Å². The summed E-state index contributed by atoms with van der Waals surface area (Å²) in [6.07, 6.45) is 1.59. The normalized spacial score (nSPS) is 14.9. The number of rotatable bonds is 6. The van der Waals surface area contributed by atoms with Crippen LogP contribution in [0.25, 0.3) is 0 Å². The molecule has 0 bridgehead atoms. The second kappa shape index (κ2) is 10.0. The number of carbonyl (C=O) groups excluding carboxylic acids is 1. The van der Waals surface area contributed by atoms with Crippen molar-refractivity contribution in [3.05, 3.63) is 53.4 Å². The van der Waals surface area contributed by atoms with E-state index in [1.54, 1.807) is 12.3 Å². The van der Waals surface area contributed by atoms with E-state index >= 15 is 0 Å². The van der Waals surface area contributed by atoms with Gasteiger partial charge in [-0.1, -0.05) is 23.7 Å². The highest BCUT2D eigenvalue weighted by molar-refractivity contribution is 6.33. The Morgan fingerprint density at radius 3 is 2.61 bits per heavy atom. The lowest BCUT2D eigenvalue weighted by molar-refractivity contribution is -0.119. The summed E-state index contributed by atoms with van der Waals surface area (Å²) in [5, 5.41) is 6.86. The van der Waals surface area contributed by atoms with Crippen molar-refractivity contribution in [2.45, 2.75) is 13.5 Å². The van der Waals surface area contributed by atoms with Gasteiger partial charge in [-0.2, -0.15) is 0 Å². The minimum absolute atomic E-state index is 0.0772. The van der Waals surface area contributed by atoms with Gasteiger partial charge in [0.1, 0.15) is 12.3 Å². The molecule has 1 amide bonds. The van der Waals surface area contributed by atoms with Gasteiger partial charge in [0.05, 0.1) is 23.5 Å². The van der Waals surface area contributed by atoms with Crippen molar-refractivity contribution in [3.8, 4) is 0 Å². The molecule has 1 fully saturated rings. The van der Waals surface area contributed by atoms with Crippen molar-refractivity contribution in [1.29, 1.82) is 0 Å². The molecule has 0 aliphatic carbocycles. The molecule has 0 radical (unpaired) electrons. The first-order valence-corrected chi connectivity index (χ1v) is 9.87. The topological polar surface area (TPSA) is 73.1 Å². The fourth-order valence-electron chi connectivity index (χ4n) is 3.09. The van der Waals surface area contributed by atoms with Crippen molar-refractivity contribution in [2.75, 3.05) is 44.2 Å². The number of furan rings is 1. The van der Waals surface area contributed by atoms with E-state index in [0.29, 0.717) is 6.54 Å². The first kappa shape index (κ1) is 20.1. The molecule has 28 heavy (non-hydrogen) atoms. The van der Waals surface area contributed by atoms with Gasteiger partial charge in [-0.25, -0.2) is 4.99 Å². The lowest BCUT2D eigenvalue weighted by atomic mass is 10.2. The average molecular weight is 404 g/mol. The summed E-state index contributed by atoms with van der Waals surface area (Å²) >= 11 is 6.32. The maximum absolute atomic E-state index is 12.1. The Bertz CT molecular complexity index is 786. The van der Waals surface area contributed by atoms with Crippen LogP contribution in [0, 0.1) is 0 Å². The van der Waals surface area contributed by atoms with Gasteiger partial charge >= 0.3 is 0 Å². The van der Waals surface area contributed by atoms with Gasteiger partial charge in [0, 0.05) is 32.7 Å².